The largest absolute Gasteiger partial charge is 0.294 e. The fourth-order valence-electron chi connectivity index (χ4n) is 8.76. The summed E-state index contributed by atoms with van der Waals surface area (Å²) in [4.78, 5) is 4.90. The number of fused-ring (bicyclic) bond motifs is 7. The summed E-state index contributed by atoms with van der Waals surface area (Å²) in [6.07, 6.45) is 4.18. The number of hydrogen-bond acceptors (Lipinski definition) is 1. The van der Waals surface area contributed by atoms with E-state index >= 15 is 0 Å². The monoisotopic (exact) mass is 657 g/mol. The van der Waals surface area contributed by atoms with E-state index in [-0.39, 0.29) is 0 Å². The average Bonchev–Trinajstić information content (AvgIpc) is 3.82. The molecule has 9 aromatic rings. The van der Waals surface area contributed by atoms with Crippen LogP contribution >= 0.6 is 0 Å². The number of aromatic nitrogens is 4. The number of pyridine rings is 1. The van der Waals surface area contributed by atoms with E-state index in [1.807, 2.05) is 6.20 Å². The van der Waals surface area contributed by atoms with Gasteiger partial charge in [-0.1, -0.05) is 103 Å². The van der Waals surface area contributed by atoms with E-state index in [9.17, 15) is 0 Å². The zero-order valence-corrected chi connectivity index (χ0v) is 29.0. The SMILES string of the molecule is Cc1ccnc(-n2c3ccccc3c3ccc(C4(c5cccc(-n6c[n+](C(C)C)c7ccccc76)c5)c5ccccc5-c5ccccc54)cc32)c1. The van der Waals surface area contributed by atoms with Gasteiger partial charge in [-0.25, -0.2) is 9.55 Å². The van der Waals surface area contributed by atoms with E-state index in [1.54, 1.807) is 0 Å². The number of nitrogens with zero attached hydrogens (tertiary/aromatic N) is 4. The number of para-hydroxylation sites is 3. The van der Waals surface area contributed by atoms with Gasteiger partial charge >= 0.3 is 0 Å². The molecule has 0 saturated heterocycles. The van der Waals surface area contributed by atoms with E-state index in [2.05, 4.69) is 192 Å². The third-order valence-electron chi connectivity index (χ3n) is 11.0. The van der Waals surface area contributed by atoms with Crippen LogP contribution in [0.5, 0.6) is 0 Å². The number of benzene rings is 6. The Morgan fingerprint density at radius 1 is 0.588 bits per heavy atom. The van der Waals surface area contributed by atoms with Crippen molar-refractivity contribution in [3.8, 4) is 22.6 Å². The Morgan fingerprint density at radius 2 is 1.25 bits per heavy atom. The summed E-state index contributed by atoms with van der Waals surface area (Å²) in [5.41, 5.74) is 14.1. The van der Waals surface area contributed by atoms with E-state index < -0.39 is 5.41 Å². The average molecular weight is 658 g/mol. The second-order valence-corrected chi connectivity index (χ2v) is 14.1. The minimum Gasteiger partial charge on any atom is -0.294 e. The molecule has 1 aliphatic rings. The van der Waals surface area contributed by atoms with E-state index in [0.29, 0.717) is 6.04 Å². The molecule has 1 aliphatic carbocycles. The number of rotatable bonds is 5. The lowest BCUT2D eigenvalue weighted by Gasteiger charge is -2.34. The molecule has 0 spiro atoms. The Bertz CT molecular complexity index is 2770. The molecule has 51 heavy (non-hydrogen) atoms. The highest BCUT2D eigenvalue weighted by atomic mass is 15.1. The van der Waals surface area contributed by atoms with Crippen LogP contribution in [0.3, 0.4) is 0 Å². The summed E-state index contributed by atoms with van der Waals surface area (Å²) in [5, 5.41) is 2.45. The predicted molar refractivity (Wildman–Crippen MR) is 208 cm³/mol. The van der Waals surface area contributed by atoms with Crippen molar-refractivity contribution in [2.24, 2.45) is 0 Å². The molecule has 244 valence electrons. The molecule has 3 aromatic heterocycles. The summed E-state index contributed by atoms with van der Waals surface area (Å²) in [7, 11) is 0. The molecule has 4 heteroatoms. The van der Waals surface area contributed by atoms with Gasteiger partial charge in [0.15, 0.2) is 11.0 Å². The number of imidazole rings is 1. The minimum atomic E-state index is -0.560. The van der Waals surface area contributed by atoms with Crippen molar-refractivity contribution in [1.82, 2.24) is 14.1 Å². The molecular formula is C47H37N4+. The van der Waals surface area contributed by atoms with Crippen LogP contribution in [0.4, 0.5) is 0 Å². The molecular weight excluding hydrogens is 621 g/mol. The first-order chi connectivity index (χ1) is 25.0. The van der Waals surface area contributed by atoms with Crippen LogP contribution in [0.1, 0.15) is 47.7 Å². The van der Waals surface area contributed by atoms with Gasteiger partial charge in [0, 0.05) is 17.0 Å². The maximum Gasteiger partial charge on any atom is 0.250 e. The quantitative estimate of drug-likeness (QED) is 0.169. The van der Waals surface area contributed by atoms with Crippen LogP contribution in [-0.2, 0) is 5.41 Å². The Balaban J connectivity index is 1.30. The molecule has 6 aromatic carbocycles. The minimum absolute atomic E-state index is 0.334. The van der Waals surface area contributed by atoms with Gasteiger partial charge in [-0.2, -0.15) is 4.57 Å². The second kappa shape index (κ2) is 11.1. The zero-order valence-electron chi connectivity index (χ0n) is 29.0. The lowest BCUT2D eigenvalue weighted by atomic mass is 9.67. The van der Waals surface area contributed by atoms with Gasteiger partial charge in [0.2, 0.25) is 6.33 Å². The second-order valence-electron chi connectivity index (χ2n) is 14.1. The van der Waals surface area contributed by atoms with Crippen LogP contribution < -0.4 is 4.57 Å². The molecule has 0 N–H and O–H groups in total. The molecule has 4 nitrogen and oxygen atoms in total. The van der Waals surface area contributed by atoms with Crippen LogP contribution in [-0.4, -0.2) is 14.1 Å². The topological polar surface area (TPSA) is 26.6 Å². The van der Waals surface area contributed by atoms with Crippen molar-refractivity contribution in [3.05, 3.63) is 192 Å². The Kier molecular flexibility index (Phi) is 6.47. The Labute approximate surface area is 297 Å². The first kappa shape index (κ1) is 29.6. The third kappa shape index (κ3) is 4.20. The van der Waals surface area contributed by atoms with Crippen LogP contribution in [0.15, 0.2) is 164 Å². The summed E-state index contributed by atoms with van der Waals surface area (Å²) in [6.45, 7) is 6.63. The maximum absolute atomic E-state index is 4.90. The standard InChI is InChI=1S/C47H37N4/c1-31(2)49-30-50(44-22-11-10-21-43(44)49)35-14-12-13-33(28-35)47(40-18-7-4-15-36(40)37-16-5-8-19-41(37)47)34-23-24-39-38-17-6-9-20-42(38)51(45(39)29-34)46-27-32(3)25-26-48-46/h4-31H,1-3H3/q+1. The summed E-state index contributed by atoms with van der Waals surface area (Å²) >= 11 is 0. The zero-order chi connectivity index (χ0) is 34.3. The lowest BCUT2D eigenvalue weighted by molar-refractivity contribution is -0.691. The molecule has 0 amide bonds. The van der Waals surface area contributed by atoms with E-state index in [4.69, 9.17) is 4.98 Å². The molecule has 0 aliphatic heterocycles. The van der Waals surface area contributed by atoms with Crippen molar-refractivity contribution in [1.29, 1.82) is 0 Å². The van der Waals surface area contributed by atoms with Gasteiger partial charge in [0.1, 0.15) is 11.5 Å². The molecule has 0 saturated carbocycles. The fourth-order valence-corrected chi connectivity index (χ4v) is 8.76. The number of hydrogen-bond donors (Lipinski definition) is 0. The van der Waals surface area contributed by atoms with Gasteiger partial charge in [-0.05, 0) is 108 Å². The van der Waals surface area contributed by atoms with Gasteiger partial charge < -0.3 is 0 Å². The molecule has 3 heterocycles. The van der Waals surface area contributed by atoms with Gasteiger partial charge in [0.25, 0.3) is 0 Å². The fraction of sp³-hybridized carbons (Fsp3) is 0.106. The van der Waals surface area contributed by atoms with E-state index in [0.717, 1.165) is 22.5 Å². The molecule has 0 radical (unpaired) electrons. The summed E-state index contributed by atoms with van der Waals surface area (Å²) in [6, 6.07) is 56.3. The van der Waals surface area contributed by atoms with Crippen molar-refractivity contribution >= 4 is 32.8 Å². The smallest absolute Gasteiger partial charge is 0.250 e. The highest BCUT2D eigenvalue weighted by molar-refractivity contribution is 6.09. The first-order valence-electron chi connectivity index (χ1n) is 17.8. The third-order valence-corrected chi connectivity index (χ3v) is 11.0. The van der Waals surface area contributed by atoms with Crippen LogP contribution in [0.25, 0.3) is 55.5 Å². The number of aryl methyl sites for hydroxylation is 1. The molecule has 10 rings (SSSR count). The Hall–Kier alpha value is -6.26. The van der Waals surface area contributed by atoms with Crippen LogP contribution in [0, 0.1) is 6.92 Å². The van der Waals surface area contributed by atoms with E-state index in [1.165, 1.54) is 60.8 Å². The van der Waals surface area contributed by atoms with Crippen molar-refractivity contribution in [2.45, 2.75) is 32.2 Å². The van der Waals surface area contributed by atoms with Crippen molar-refractivity contribution in [2.75, 3.05) is 0 Å². The summed E-state index contributed by atoms with van der Waals surface area (Å²) in [5.74, 6) is 0.930. The molecule has 0 bridgehead atoms. The van der Waals surface area contributed by atoms with Crippen LogP contribution in [0.2, 0.25) is 0 Å². The summed E-state index contributed by atoms with van der Waals surface area (Å²) < 4.78 is 7.06. The molecule has 0 unspecified atom stereocenters. The van der Waals surface area contributed by atoms with Gasteiger partial charge in [0.05, 0.1) is 22.5 Å². The molecule has 0 fully saturated rings. The lowest BCUT2D eigenvalue weighted by Crippen LogP contribution is -2.34. The highest BCUT2D eigenvalue weighted by Crippen LogP contribution is 2.56. The Morgan fingerprint density at radius 3 is 2.02 bits per heavy atom. The normalized spacial score (nSPS) is 13.3. The first-order valence-corrected chi connectivity index (χ1v) is 17.8. The van der Waals surface area contributed by atoms with Gasteiger partial charge in [-0.15, -0.1) is 0 Å². The van der Waals surface area contributed by atoms with Gasteiger partial charge in [-0.3, -0.25) is 4.57 Å². The maximum atomic E-state index is 4.90. The highest BCUT2D eigenvalue weighted by Gasteiger charge is 2.46. The molecule has 0 atom stereocenters. The predicted octanol–water partition coefficient (Wildman–Crippen LogP) is 10.7. The van der Waals surface area contributed by atoms with Crippen molar-refractivity contribution < 1.29 is 4.57 Å². The van der Waals surface area contributed by atoms with Crippen molar-refractivity contribution in [3.63, 3.8) is 0 Å².